The first-order valence-corrected chi connectivity index (χ1v) is 6.55. The highest BCUT2D eigenvalue weighted by Crippen LogP contribution is 2.44. The van der Waals surface area contributed by atoms with Gasteiger partial charge in [0.2, 0.25) is 0 Å². The van der Waals surface area contributed by atoms with Gasteiger partial charge in [-0.15, -0.1) is 0 Å². The second kappa shape index (κ2) is 4.42. The monoisotopic (exact) mass is 211 g/mol. The van der Waals surface area contributed by atoms with Crippen molar-refractivity contribution in [1.82, 2.24) is 0 Å². The molecule has 2 N–H and O–H groups in total. The average molecular weight is 211 g/mol. The minimum absolute atomic E-state index is 0.279. The standard InChI is InChI=1S/C13H25NO/c1-10(2)12(14)9-11-5-8-13(15-11)6-3-4-7-13/h10-12H,3-9,14H2,1-2H3. The average Bonchev–Trinajstić information content (AvgIpc) is 2.78. The van der Waals surface area contributed by atoms with Crippen LogP contribution in [0, 0.1) is 5.92 Å². The molecule has 2 heteroatoms. The third kappa shape index (κ3) is 2.54. The Morgan fingerprint density at radius 2 is 1.93 bits per heavy atom. The molecule has 0 amide bonds. The molecule has 15 heavy (non-hydrogen) atoms. The number of rotatable bonds is 3. The summed E-state index contributed by atoms with van der Waals surface area (Å²) in [5, 5.41) is 0. The minimum atomic E-state index is 0.279. The molecule has 1 aliphatic carbocycles. The molecule has 1 saturated heterocycles. The Bertz CT molecular complexity index is 209. The summed E-state index contributed by atoms with van der Waals surface area (Å²) in [7, 11) is 0. The van der Waals surface area contributed by atoms with Gasteiger partial charge in [0.25, 0.3) is 0 Å². The number of nitrogens with two attached hydrogens (primary N) is 1. The normalized spacial score (nSPS) is 31.6. The lowest BCUT2D eigenvalue weighted by Gasteiger charge is -2.25. The Balaban J connectivity index is 1.82. The molecule has 0 radical (unpaired) electrons. The van der Waals surface area contributed by atoms with Crippen LogP contribution in [0.25, 0.3) is 0 Å². The summed E-state index contributed by atoms with van der Waals surface area (Å²) in [5.41, 5.74) is 6.38. The largest absolute Gasteiger partial charge is 0.372 e. The summed E-state index contributed by atoms with van der Waals surface area (Å²) in [6.07, 6.45) is 9.33. The van der Waals surface area contributed by atoms with E-state index in [-0.39, 0.29) is 5.60 Å². The molecule has 1 saturated carbocycles. The van der Waals surface area contributed by atoms with E-state index in [1.807, 2.05) is 0 Å². The molecule has 0 aromatic rings. The highest BCUT2D eigenvalue weighted by Gasteiger charge is 2.42. The Hall–Kier alpha value is -0.0800. The molecule has 2 fully saturated rings. The molecule has 1 spiro atoms. The van der Waals surface area contributed by atoms with Crippen LogP contribution in [-0.2, 0) is 4.74 Å². The first kappa shape index (κ1) is 11.4. The lowest BCUT2D eigenvalue weighted by atomic mass is 9.95. The van der Waals surface area contributed by atoms with E-state index < -0.39 is 0 Å². The van der Waals surface area contributed by atoms with Gasteiger partial charge in [-0.05, 0) is 38.0 Å². The van der Waals surface area contributed by atoms with Crippen molar-refractivity contribution in [2.45, 2.75) is 76.5 Å². The zero-order valence-electron chi connectivity index (χ0n) is 10.2. The van der Waals surface area contributed by atoms with E-state index in [0.717, 1.165) is 6.42 Å². The van der Waals surface area contributed by atoms with Crippen LogP contribution in [0.4, 0.5) is 0 Å². The van der Waals surface area contributed by atoms with Crippen molar-refractivity contribution in [1.29, 1.82) is 0 Å². The lowest BCUT2D eigenvalue weighted by Crippen LogP contribution is -2.32. The first-order valence-electron chi connectivity index (χ1n) is 6.55. The molecule has 2 aliphatic rings. The fraction of sp³-hybridized carbons (Fsp3) is 1.00. The molecule has 1 aliphatic heterocycles. The van der Waals surface area contributed by atoms with Gasteiger partial charge in [0.1, 0.15) is 0 Å². The molecule has 2 rings (SSSR count). The van der Waals surface area contributed by atoms with Gasteiger partial charge in [0.05, 0.1) is 11.7 Å². The Morgan fingerprint density at radius 3 is 2.53 bits per heavy atom. The maximum absolute atomic E-state index is 6.25. The Labute approximate surface area is 93.6 Å². The third-order valence-electron chi connectivity index (χ3n) is 4.24. The molecular formula is C13H25NO. The van der Waals surface area contributed by atoms with Crippen molar-refractivity contribution in [3.8, 4) is 0 Å². The molecule has 2 nitrogen and oxygen atoms in total. The fourth-order valence-electron chi connectivity index (χ4n) is 3.02. The van der Waals surface area contributed by atoms with Gasteiger partial charge in [-0.25, -0.2) is 0 Å². The molecular weight excluding hydrogens is 186 g/mol. The van der Waals surface area contributed by atoms with Gasteiger partial charge < -0.3 is 10.5 Å². The van der Waals surface area contributed by atoms with E-state index in [2.05, 4.69) is 13.8 Å². The van der Waals surface area contributed by atoms with Crippen LogP contribution in [0.15, 0.2) is 0 Å². The Kier molecular flexibility index (Phi) is 3.36. The summed E-state index contributed by atoms with van der Waals surface area (Å²) in [5.74, 6) is 0.578. The van der Waals surface area contributed by atoms with Crippen molar-refractivity contribution < 1.29 is 4.74 Å². The highest BCUT2D eigenvalue weighted by molar-refractivity contribution is 4.93. The number of hydrogen-bond acceptors (Lipinski definition) is 2. The number of ether oxygens (including phenoxy) is 1. The number of hydrogen-bond donors (Lipinski definition) is 1. The predicted octanol–water partition coefficient (Wildman–Crippen LogP) is 2.85. The van der Waals surface area contributed by atoms with Crippen LogP contribution in [0.1, 0.15) is 58.8 Å². The predicted molar refractivity (Wildman–Crippen MR) is 62.7 cm³/mol. The van der Waals surface area contributed by atoms with E-state index in [4.69, 9.17) is 10.5 Å². The van der Waals surface area contributed by atoms with Gasteiger partial charge in [0, 0.05) is 6.04 Å². The molecule has 2 unspecified atom stereocenters. The summed E-state index contributed by atoms with van der Waals surface area (Å²) >= 11 is 0. The zero-order chi connectivity index (χ0) is 10.9. The van der Waals surface area contributed by atoms with E-state index in [0.29, 0.717) is 18.1 Å². The van der Waals surface area contributed by atoms with Gasteiger partial charge in [0.15, 0.2) is 0 Å². The molecule has 0 aromatic carbocycles. The van der Waals surface area contributed by atoms with Crippen molar-refractivity contribution in [2.24, 2.45) is 11.7 Å². The van der Waals surface area contributed by atoms with Crippen LogP contribution in [0.2, 0.25) is 0 Å². The zero-order valence-corrected chi connectivity index (χ0v) is 10.2. The van der Waals surface area contributed by atoms with E-state index in [1.54, 1.807) is 0 Å². The molecule has 0 bridgehead atoms. The van der Waals surface area contributed by atoms with Gasteiger partial charge >= 0.3 is 0 Å². The van der Waals surface area contributed by atoms with Crippen LogP contribution >= 0.6 is 0 Å². The van der Waals surface area contributed by atoms with Gasteiger partial charge in [-0.1, -0.05) is 26.7 Å². The maximum atomic E-state index is 6.25. The Morgan fingerprint density at radius 1 is 1.27 bits per heavy atom. The summed E-state index contributed by atoms with van der Waals surface area (Å²) in [4.78, 5) is 0. The second-order valence-corrected chi connectivity index (χ2v) is 5.81. The SMILES string of the molecule is CC(C)C(N)CC1CCC2(CCCC2)O1. The lowest BCUT2D eigenvalue weighted by molar-refractivity contribution is -0.0421. The first-order chi connectivity index (χ1) is 7.11. The third-order valence-corrected chi connectivity index (χ3v) is 4.24. The van der Waals surface area contributed by atoms with Crippen molar-refractivity contribution in [3.63, 3.8) is 0 Å². The van der Waals surface area contributed by atoms with E-state index >= 15 is 0 Å². The van der Waals surface area contributed by atoms with E-state index in [1.165, 1.54) is 38.5 Å². The molecule has 1 heterocycles. The smallest absolute Gasteiger partial charge is 0.0687 e. The molecule has 0 aromatic heterocycles. The van der Waals surface area contributed by atoms with Crippen LogP contribution in [-0.4, -0.2) is 17.7 Å². The molecule has 2 atom stereocenters. The van der Waals surface area contributed by atoms with Gasteiger partial charge in [-0.3, -0.25) is 0 Å². The van der Waals surface area contributed by atoms with Crippen LogP contribution < -0.4 is 5.73 Å². The fourth-order valence-corrected chi connectivity index (χ4v) is 3.02. The topological polar surface area (TPSA) is 35.2 Å². The maximum Gasteiger partial charge on any atom is 0.0687 e. The van der Waals surface area contributed by atoms with E-state index in [9.17, 15) is 0 Å². The van der Waals surface area contributed by atoms with Crippen LogP contribution in [0.5, 0.6) is 0 Å². The van der Waals surface area contributed by atoms with Crippen LogP contribution in [0.3, 0.4) is 0 Å². The second-order valence-electron chi connectivity index (χ2n) is 5.81. The van der Waals surface area contributed by atoms with Crippen molar-refractivity contribution in [3.05, 3.63) is 0 Å². The summed E-state index contributed by atoms with van der Waals surface area (Å²) < 4.78 is 6.25. The van der Waals surface area contributed by atoms with Crippen molar-refractivity contribution >= 4 is 0 Å². The highest BCUT2D eigenvalue weighted by atomic mass is 16.5. The van der Waals surface area contributed by atoms with Crippen molar-refractivity contribution in [2.75, 3.05) is 0 Å². The summed E-state index contributed by atoms with van der Waals surface area (Å²) in [6, 6.07) is 0.312. The quantitative estimate of drug-likeness (QED) is 0.779. The molecule has 88 valence electrons. The van der Waals surface area contributed by atoms with Gasteiger partial charge in [-0.2, -0.15) is 0 Å². The summed E-state index contributed by atoms with van der Waals surface area (Å²) in [6.45, 7) is 4.40. The minimum Gasteiger partial charge on any atom is -0.372 e.